The average molecular weight is 929 g/mol. The van der Waals surface area contributed by atoms with Gasteiger partial charge >= 0.3 is 0 Å². The number of hydrogen-bond donors (Lipinski definition) is 0. The van der Waals surface area contributed by atoms with Crippen molar-refractivity contribution >= 4 is 43.6 Å². The van der Waals surface area contributed by atoms with Crippen LogP contribution in [0.25, 0.3) is 43.6 Å². The van der Waals surface area contributed by atoms with E-state index in [2.05, 4.69) is 169 Å². The number of fused-ring (bicyclic) bond motifs is 4. The van der Waals surface area contributed by atoms with Gasteiger partial charge in [0, 0.05) is 96.8 Å². The first-order valence-corrected chi connectivity index (χ1v) is 23.9. The van der Waals surface area contributed by atoms with Crippen LogP contribution in [0, 0.1) is 5.82 Å². The highest BCUT2D eigenvalue weighted by molar-refractivity contribution is 5.87. The normalized spacial score (nSPS) is 15.3. The van der Waals surface area contributed by atoms with Gasteiger partial charge in [-0.3, -0.25) is 0 Å². The predicted octanol–water partition coefficient (Wildman–Crippen LogP) is 10.7. The molecule has 4 aromatic heterocycles. The highest BCUT2D eigenvalue weighted by Crippen LogP contribution is 2.29. The molecule has 0 spiro atoms. The van der Waals surface area contributed by atoms with E-state index in [0.717, 1.165) is 54.3 Å². The Hall–Kier alpha value is -5.79. The molecule has 12 heteroatoms. The minimum atomic E-state index is -0.176. The van der Waals surface area contributed by atoms with Crippen molar-refractivity contribution in [3.8, 4) is 17.2 Å². The van der Waals surface area contributed by atoms with Crippen LogP contribution in [-0.4, -0.2) is 139 Å². The lowest BCUT2D eigenvalue weighted by Crippen LogP contribution is -2.28. The van der Waals surface area contributed by atoms with Gasteiger partial charge in [-0.25, -0.2) is 4.39 Å². The zero-order valence-electron chi connectivity index (χ0n) is 43.0. The topological polar surface area (TPSA) is 60.4 Å². The predicted molar refractivity (Wildman–Crippen MR) is 282 cm³/mol. The molecule has 5 heterocycles. The van der Waals surface area contributed by atoms with E-state index < -0.39 is 0 Å². The molecule has 0 amide bonds. The maximum absolute atomic E-state index is 13.2. The Kier molecular flexibility index (Phi) is 18.2. The third kappa shape index (κ3) is 12.8. The van der Waals surface area contributed by atoms with Gasteiger partial charge in [0.2, 0.25) is 0 Å². The van der Waals surface area contributed by atoms with Crippen molar-refractivity contribution in [2.75, 3.05) is 77.2 Å². The minimum absolute atomic E-state index is 0.176. The van der Waals surface area contributed by atoms with E-state index >= 15 is 0 Å². The molecule has 1 aliphatic heterocycles. The maximum atomic E-state index is 13.2. The first-order chi connectivity index (χ1) is 32.6. The molecule has 0 aliphatic carbocycles. The Labute approximate surface area is 404 Å². The van der Waals surface area contributed by atoms with Crippen LogP contribution in [-0.2, 0) is 26.2 Å². The molecule has 1 saturated heterocycles. The van der Waals surface area contributed by atoms with Crippen molar-refractivity contribution in [1.29, 1.82) is 0 Å². The molecule has 0 unspecified atom stereocenters. The number of rotatable bonds is 14. The van der Waals surface area contributed by atoms with Crippen LogP contribution < -0.4 is 14.2 Å². The van der Waals surface area contributed by atoms with Crippen LogP contribution in [0.3, 0.4) is 0 Å². The van der Waals surface area contributed by atoms with E-state index in [0.29, 0.717) is 24.2 Å². The summed E-state index contributed by atoms with van der Waals surface area (Å²) in [7, 11) is 19.9. The number of benzene rings is 4. The van der Waals surface area contributed by atoms with Crippen LogP contribution >= 0.6 is 0 Å². The largest absolute Gasteiger partial charge is 0.497 e. The summed E-state index contributed by atoms with van der Waals surface area (Å²) >= 11 is 0. The lowest BCUT2D eigenvalue weighted by molar-refractivity contribution is 0.284. The van der Waals surface area contributed by atoms with E-state index in [4.69, 9.17) is 14.2 Å². The summed E-state index contributed by atoms with van der Waals surface area (Å²) in [6.07, 6.45) is 11.1. The molecule has 1 aliphatic rings. The maximum Gasteiger partial charge on any atom is 0.143 e. The number of methoxy groups -OCH3 is 3. The molecule has 0 N–H and O–H groups in total. The van der Waals surface area contributed by atoms with Gasteiger partial charge in [0.15, 0.2) is 0 Å². The number of likely N-dealkylation sites (N-methyl/N-ethyl adjacent to an activating group) is 4. The molecular weight excluding hydrogens is 852 g/mol. The van der Waals surface area contributed by atoms with Gasteiger partial charge < -0.3 is 52.1 Å². The molecule has 4 aromatic carbocycles. The van der Waals surface area contributed by atoms with Crippen molar-refractivity contribution in [2.24, 2.45) is 0 Å². The first-order valence-electron chi connectivity index (χ1n) is 23.9. The van der Waals surface area contributed by atoms with Crippen molar-refractivity contribution in [2.45, 2.75) is 84.0 Å². The number of para-hydroxylation sites is 1. The number of halogens is 1. The van der Waals surface area contributed by atoms with Gasteiger partial charge in [-0.2, -0.15) is 0 Å². The zero-order valence-corrected chi connectivity index (χ0v) is 43.0. The molecule has 0 saturated carbocycles. The lowest BCUT2D eigenvalue weighted by atomic mass is 10.2. The van der Waals surface area contributed by atoms with Gasteiger partial charge in [-0.05, 0) is 174 Å². The van der Waals surface area contributed by atoms with Crippen molar-refractivity contribution in [3.63, 3.8) is 0 Å². The van der Waals surface area contributed by atoms with Gasteiger partial charge in [-0.15, -0.1) is 0 Å². The van der Waals surface area contributed by atoms with Gasteiger partial charge in [0.1, 0.15) is 23.1 Å². The SMILES string of the molecule is COc1ccc2c(ccn2C[C@H]2CCCN2C)c1.COc1cccc2c1ccn2C[C@@H](C)N(C)C.COc1cccc2ccn(C[C@@H](C)N(C)C)c12.C[C@H](Cn1ccc2ccc(F)cc21)N(C)C. The van der Waals surface area contributed by atoms with Crippen molar-refractivity contribution < 1.29 is 18.6 Å². The molecule has 4 atom stereocenters. The number of nitrogens with zero attached hydrogens (tertiary/aromatic N) is 8. The molecule has 68 heavy (non-hydrogen) atoms. The summed E-state index contributed by atoms with van der Waals surface area (Å²) in [4.78, 5) is 9.08. The third-order valence-corrected chi connectivity index (χ3v) is 13.8. The van der Waals surface area contributed by atoms with Gasteiger partial charge in [0.25, 0.3) is 0 Å². The Morgan fingerprint density at radius 3 is 1.76 bits per heavy atom. The summed E-state index contributed by atoms with van der Waals surface area (Å²) in [6.45, 7) is 11.8. The van der Waals surface area contributed by atoms with Gasteiger partial charge in [0.05, 0.1) is 37.9 Å². The Balaban J connectivity index is 0.000000149. The fraction of sp³-hybridized carbons (Fsp3) is 0.429. The first kappa shape index (κ1) is 51.6. The average Bonchev–Trinajstić information content (AvgIpc) is 4.19. The van der Waals surface area contributed by atoms with Crippen molar-refractivity contribution in [1.82, 2.24) is 37.9 Å². The second-order valence-electron chi connectivity index (χ2n) is 19.0. The number of hydrogen-bond acceptors (Lipinski definition) is 7. The Bertz CT molecular complexity index is 2800. The van der Waals surface area contributed by atoms with Crippen LogP contribution in [0.2, 0.25) is 0 Å². The van der Waals surface area contributed by atoms with E-state index in [-0.39, 0.29) is 5.82 Å². The van der Waals surface area contributed by atoms with E-state index in [1.807, 2.05) is 48.7 Å². The van der Waals surface area contributed by atoms with Crippen LogP contribution in [0.1, 0.15) is 33.6 Å². The number of likely N-dealkylation sites (tertiary alicyclic amines) is 1. The van der Waals surface area contributed by atoms with Crippen LogP contribution in [0.15, 0.2) is 122 Å². The molecule has 366 valence electrons. The quantitative estimate of drug-likeness (QED) is 0.108. The van der Waals surface area contributed by atoms with Crippen molar-refractivity contribution in [3.05, 3.63) is 128 Å². The summed E-state index contributed by atoms with van der Waals surface area (Å²) in [5.41, 5.74) is 4.69. The molecule has 9 rings (SSSR count). The summed E-state index contributed by atoms with van der Waals surface area (Å²) in [5.74, 6) is 2.64. The Morgan fingerprint density at radius 1 is 0.559 bits per heavy atom. The summed E-state index contributed by atoms with van der Waals surface area (Å²) < 4.78 is 38.2. The molecule has 8 aromatic rings. The smallest absolute Gasteiger partial charge is 0.143 e. The van der Waals surface area contributed by atoms with Gasteiger partial charge in [-0.1, -0.05) is 18.2 Å². The van der Waals surface area contributed by atoms with E-state index in [1.54, 1.807) is 27.4 Å². The molecule has 0 radical (unpaired) electrons. The monoisotopic (exact) mass is 929 g/mol. The fourth-order valence-corrected chi connectivity index (χ4v) is 8.64. The highest BCUT2D eigenvalue weighted by Gasteiger charge is 2.21. The molecule has 1 fully saturated rings. The standard InChI is InChI=1S/C15H20N2O.2C14H20N2O.C13H17FN2/c1-16-8-3-4-13(16)11-17-9-7-12-10-14(18-2)5-6-15(12)17;1-11(15(2)3)10-16-9-8-12-13(16)6-5-7-14(12)17-4;1-11(15(2)3)10-16-9-8-12-6-5-7-13(17-4)14(12)16;1-10(15(2)3)9-16-7-6-11-4-5-12(14)8-13(11)16/h5-7,9-10,13H,3-4,8,11H2,1-2H3;2*5-9,11H,10H2,1-4H3;4-8,10H,9H2,1-3H3/t13-;2*11-;10-/m1111/s1. The van der Waals surface area contributed by atoms with Crippen LogP contribution in [0.5, 0.6) is 17.2 Å². The fourth-order valence-electron chi connectivity index (χ4n) is 8.64. The molecule has 0 bridgehead atoms. The second kappa shape index (κ2) is 24.0. The number of ether oxygens (including phenoxy) is 3. The number of aromatic nitrogens is 4. The minimum Gasteiger partial charge on any atom is -0.497 e. The zero-order chi connectivity index (χ0) is 49.1. The lowest BCUT2D eigenvalue weighted by Gasteiger charge is -2.21. The molecule has 11 nitrogen and oxygen atoms in total. The molecular formula is C56H77FN8O3. The highest BCUT2D eigenvalue weighted by atomic mass is 19.1. The summed E-state index contributed by atoms with van der Waals surface area (Å²) in [6, 6.07) is 34.1. The Morgan fingerprint density at radius 2 is 1.13 bits per heavy atom. The third-order valence-electron chi connectivity index (χ3n) is 13.8. The summed E-state index contributed by atoms with van der Waals surface area (Å²) in [5, 5.41) is 4.76. The van der Waals surface area contributed by atoms with E-state index in [1.165, 1.54) is 58.2 Å². The van der Waals surface area contributed by atoms with E-state index in [9.17, 15) is 4.39 Å². The second-order valence-corrected chi connectivity index (χ2v) is 19.0. The van der Waals surface area contributed by atoms with Crippen LogP contribution in [0.4, 0.5) is 4.39 Å².